The van der Waals surface area contributed by atoms with Gasteiger partial charge in [-0.3, -0.25) is 0 Å². The van der Waals surface area contributed by atoms with Crippen LogP contribution in [0.3, 0.4) is 0 Å². The molecule has 0 bridgehead atoms. The largest absolute Gasteiger partial charge is 0.340 e. The van der Waals surface area contributed by atoms with E-state index in [1.807, 2.05) is 0 Å². The summed E-state index contributed by atoms with van der Waals surface area (Å²) < 4.78 is 6.06. The van der Waals surface area contributed by atoms with E-state index in [9.17, 15) is 0 Å². The minimum Gasteiger partial charge on any atom is -0.340 e. The maximum absolute atomic E-state index is 4.91. The zero-order valence-corrected chi connectivity index (χ0v) is 11.2. The van der Waals surface area contributed by atoms with Gasteiger partial charge in [-0.05, 0) is 24.1 Å². The molecule has 0 spiro atoms. The average molecular weight is 296 g/mol. The van der Waals surface area contributed by atoms with Crippen molar-refractivity contribution in [3.05, 3.63) is 46.0 Å². The van der Waals surface area contributed by atoms with E-state index in [1.54, 1.807) is 0 Å². The van der Waals surface area contributed by atoms with E-state index in [0.717, 1.165) is 24.0 Å². The third-order valence-corrected chi connectivity index (χ3v) is 3.18. The molecule has 0 amide bonds. The molecule has 5 heteroatoms. The Morgan fingerprint density at radius 2 is 2.29 bits per heavy atom. The first kappa shape index (κ1) is 12.3. The van der Waals surface area contributed by atoms with Gasteiger partial charge in [0.25, 0.3) is 0 Å². The van der Waals surface area contributed by atoms with Crippen LogP contribution in [0.15, 0.2) is 33.5 Å². The smallest absolute Gasteiger partial charge is 0.227 e. The molecule has 0 aliphatic rings. The van der Waals surface area contributed by atoms with Crippen LogP contribution < -0.4 is 5.32 Å². The van der Waals surface area contributed by atoms with Crippen molar-refractivity contribution in [3.8, 4) is 0 Å². The van der Waals surface area contributed by atoms with Gasteiger partial charge in [-0.1, -0.05) is 33.2 Å². The van der Waals surface area contributed by atoms with E-state index in [4.69, 9.17) is 4.52 Å². The minimum absolute atomic E-state index is 0.667. The van der Waals surface area contributed by atoms with Crippen LogP contribution in [0.25, 0.3) is 0 Å². The summed E-state index contributed by atoms with van der Waals surface area (Å²) in [6, 6.07) is 6.36. The highest BCUT2D eigenvalue weighted by Crippen LogP contribution is 2.17. The molecule has 1 aromatic heterocycles. The molecule has 0 saturated carbocycles. The van der Waals surface area contributed by atoms with Crippen LogP contribution in [0.4, 0.5) is 0 Å². The molecule has 0 atom stereocenters. The predicted molar refractivity (Wildman–Crippen MR) is 68.6 cm³/mol. The molecule has 0 aliphatic carbocycles. The maximum Gasteiger partial charge on any atom is 0.227 e. The van der Waals surface area contributed by atoms with Crippen LogP contribution in [0, 0.1) is 6.92 Å². The predicted octanol–water partition coefficient (Wildman–Crippen LogP) is 2.47. The molecule has 0 fully saturated rings. The Morgan fingerprint density at radius 3 is 3.00 bits per heavy atom. The molecular weight excluding hydrogens is 282 g/mol. The van der Waals surface area contributed by atoms with Crippen LogP contribution in [0.2, 0.25) is 0 Å². The van der Waals surface area contributed by atoms with Gasteiger partial charge in [-0.15, -0.1) is 0 Å². The van der Waals surface area contributed by atoms with Gasteiger partial charge >= 0.3 is 0 Å². The average Bonchev–Trinajstić information content (AvgIpc) is 2.79. The van der Waals surface area contributed by atoms with Gasteiger partial charge < -0.3 is 9.84 Å². The van der Waals surface area contributed by atoms with Crippen molar-refractivity contribution in [2.75, 3.05) is 6.54 Å². The second-order valence-corrected chi connectivity index (χ2v) is 4.71. The quantitative estimate of drug-likeness (QED) is 0.861. The fraction of sp³-hybridized carbons (Fsp3) is 0.333. The van der Waals surface area contributed by atoms with Gasteiger partial charge in [-0.25, -0.2) is 0 Å². The van der Waals surface area contributed by atoms with E-state index < -0.39 is 0 Å². The van der Waals surface area contributed by atoms with E-state index in [-0.39, 0.29) is 0 Å². The molecule has 17 heavy (non-hydrogen) atoms. The number of nitrogens with one attached hydrogen (secondary N) is 1. The molecule has 2 rings (SSSR count). The standard InChI is InChI=1S/C12H14BrN3O/c1-9-2-3-10(11(13)6-9)7-14-5-4-12-15-8-16-17-12/h2-3,6,8,14H,4-5,7H2,1H3. The van der Waals surface area contributed by atoms with Crippen molar-refractivity contribution in [1.29, 1.82) is 0 Å². The van der Waals surface area contributed by atoms with Crippen LogP contribution in [0.5, 0.6) is 0 Å². The van der Waals surface area contributed by atoms with Crippen molar-refractivity contribution in [3.63, 3.8) is 0 Å². The minimum atomic E-state index is 0.667. The normalized spacial score (nSPS) is 10.7. The summed E-state index contributed by atoms with van der Waals surface area (Å²) in [5.41, 5.74) is 2.51. The summed E-state index contributed by atoms with van der Waals surface area (Å²) in [6.45, 7) is 3.73. The first-order chi connectivity index (χ1) is 8.25. The Hall–Kier alpha value is -1.20. The van der Waals surface area contributed by atoms with E-state index in [0.29, 0.717) is 5.89 Å². The molecule has 0 aliphatic heterocycles. The van der Waals surface area contributed by atoms with Crippen LogP contribution in [-0.2, 0) is 13.0 Å². The number of halogens is 1. The lowest BCUT2D eigenvalue weighted by Gasteiger charge is -2.06. The monoisotopic (exact) mass is 295 g/mol. The summed E-state index contributed by atoms with van der Waals surface area (Å²) in [6.07, 6.45) is 2.18. The second-order valence-electron chi connectivity index (χ2n) is 3.86. The molecule has 2 aromatic rings. The Labute approximate surface area is 109 Å². The molecule has 90 valence electrons. The molecule has 0 radical (unpaired) electrons. The highest BCUT2D eigenvalue weighted by Gasteiger charge is 2.01. The lowest BCUT2D eigenvalue weighted by Crippen LogP contribution is -2.17. The van der Waals surface area contributed by atoms with Crippen molar-refractivity contribution in [1.82, 2.24) is 15.5 Å². The van der Waals surface area contributed by atoms with Crippen LogP contribution in [-0.4, -0.2) is 16.7 Å². The highest BCUT2D eigenvalue weighted by atomic mass is 79.9. The molecule has 0 saturated heterocycles. The summed E-state index contributed by atoms with van der Waals surface area (Å²) >= 11 is 3.56. The van der Waals surface area contributed by atoms with Gasteiger partial charge in [0.1, 0.15) is 0 Å². The number of hydrogen-bond acceptors (Lipinski definition) is 4. The van der Waals surface area contributed by atoms with Crippen LogP contribution in [0.1, 0.15) is 17.0 Å². The number of nitrogens with zero attached hydrogens (tertiary/aromatic N) is 2. The van der Waals surface area contributed by atoms with Gasteiger partial charge in [0.05, 0.1) is 0 Å². The van der Waals surface area contributed by atoms with E-state index >= 15 is 0 Å². The number of rotatable bonds is 5. The molecule has 4 nitrogen and oxygen atoms in total. The number of aromatic nitrogens is 2. The van der Waals surface area contributed by atoms with Gasteiger partial charge in [0.2, 0.25) is 5.89 Å². The summed E-state index contributed by atoms with van der Waals surface area (Å²) in [7, 11) is 0. The van der Waals surface area contributed by atoms with Gasteiger partial charge in [-0.2, -0.15) is 4.98 Å². The van der Waals surface area contributed by atoms with Crippen LogP contribution >= 0.6 is 15.9 Å². The fourth-order valence-electron chi connectivity index (χ4n) is 1.52. The Balaban J connectivity index is 1.78. The lowest BCUT2D eigenvalue weighted by molar-refractivity contribution is 0.375. The number of aryl methyl sites for hydroxylation is 1. The molecule has 0 unspecified atom stereocenters. The Morgan fingerprint density at radius 1 is 1.41 bits per heavy atom. The van der Waals surface area contributed by atoms with Crippen molar-refractivity contribution in [2.45, 2.75) is 19.9 Å². The van der Waals surface area contributed by atoms with Crippen molar-refractivity contribution >= 4 is 15.9 Å². The van der Waals surface area contributed by atoms with E-state index in [2.05, 4.69) is 56.5 Å². The van der Waals surface area contributed by atoms with Gasteiger partial charge in [0, 0.05) is 24.0 Å². The summed E-state index contributed by atoms with van der Waals surface area (Å²) in [5, 5.41) is 6.90. The SMILES string of the molecule is Cc1ccc(CNCCc2ncno2)c(Br)c1. The zero-order valence-electron chi connectivity index (χ0n) is 9.61. The van der Waals surface area contributed by atoms with E-state index in [1.165, 1.54) is 17.5 Å². The topological polar surface area (TPSA) is 51.0 Å². The third kappa shape index (κ3) is 3.64. The van der Waals surface area contributed by atoms with Crippen molar-refractivity contribution in [2.24, 2.45) is 0 Å². The van der Waals surface area contributed by atoms with Crippen molar-refractivity contribution < 1.29 is 4.52 Å². The first-order valence-electron chi connectivity index (χ1n) is 5.47. The Bertz CT molecular complexity index is 471. The lowest BCUT2D eigenvalue weighted by atomic mass is 10.1. The van der Waals surface area contributed by atoms with Gasteiger partial charge in [0.15, 0.2) is 6.33 Å². The number of benzene rings is 1. The molecule has 1 heterocycles. The first-order valence-corrected chi connectivity index (χ1v) is 6.26. The third-order valence-electron chi connectivity index (χ3n) is 2.45. The summed E-state index contributed by atoms with van der Waals surface area (Å²) in [4.78, 5) is 3.96. The highest BCUT2D eigenvalue weighted by molar-refractivity contribution is 9.10. The number of hydrogen-bond donors (Lipinski definition) is 1. The zero-order chi connectivity index (χ0) is 12.1. The molecule has 1 N–H and O–H groups in total. The Kier molecular flexibility index (Phi) is 4.28. The fourth-order valence-corrected chi connectivity index (χ4v) is 2.15. The maximum atomic E-state index is 4.91. The second kappa shape index (κ2) is 5.93. The summed E-state index contributed by atoms with van der Waals surface area (Å²) in [5.74, 6) is 0.667. The molecule has 1 aromatic carbocycles. The molecular formula is C12H14BrN3O.